The number of benzene rings is 1. The molecule has 0 bridgehead atoms. The van der Waals surface area contributed by atoms with Crippen LogP contribution in [0.25, 0.3) is 0 Å². The number of carbonyl (C=O) groups excluding carboxylic acids is 1. The molecule has 0 fully saturated rings. The van der Waals surface area contributed by atoms with Crippen molar-refractivity contribution in [3.05, 3.63) is 47.3 Å². The summed E-state index contributed by atoms with van der Waals surface area (Å²) in [7, 11) is 1.77. The zero-order valence-electron chi connectivity index (χ0n) is 12.8. The molecule has 3 N–H and O–H groups in total. The van der Waals surface area contributed by atoms with E-state index in [0.29, 0.717) is 17.9 Å². The van der Waals surface area contributed by atoms with Crippen LogP contribution in [0.15, 0.2) is 30.3 Å². The van der Waals surface area contributed by atoms with Crippen LogP contribution in [0.3, 0.4) is 0 Å². The van der Waals surface area contributed by atoms with Crippen LogP contribution in [-0.2, 0) is 6.42 Å². The van der Waals surface area contributed by atoms with Gasteiger partial charge in [0.25, 0.3) is 5.91 Å². The Morgan fingerprint density at radius 2 is 2.00 bits per heavy atom. The van der Waals surface area contributed by atoms with Gasteiger partial charge in [-0.3, -0.25) is 9.89 Å². The lowest BCUT2D eigenvalue weighted by atomic mass is 10.1. The summed E-state index contributed by atoms with van der Waals surface area (Å²) in [5.74, 6) is 0.0697. The molecule has 5 nitrogen and oxygen atoms in total. The molecule has 0 unspecified atom stereocenters. The second kappa shape index (κ2) is 6.43. The number of rotatable bonds is 5. The monoisotopic (exact) mass is 286 g/mol. The Morgan fingerprint density at radius 3 is 2.57 bits per heavy atom. The van der Waals surface area contributed by atoms with Gasteiger partial charge in [0, 0.05) is 13.6 Å². The number of anilines is 1. The van der Waals surface area contributed by atoms with Crippen LogP contribution in [-0.4, -0.2) is 34.6 Å². The van der Waals surface area contributed by atoms with E-state index in [1.807, 2.05) is 32.0 Å². The van der Waals surface area contributed by atoms with E-state index in [1.165, 1.54) is 5.56 Å². The summed E-state index contributed by atoms with van der Waals surface area (Å²) in [5.41, 5.74) is 8.80. The maximum atomic E-state index is 12.4. The Balaban J connectivity index is 2.02. The number of nitrogens with one attached hydrogen (secondary N) is 1. The molecule has 0 aliphatic heterocycles. The SMILES string of the molecule is CC(C)c1[nH]nc(C(=O)N(C)CCc2ccccc2)c1N. The summed E-state index contributed by atoms with van der Waals surface area (Å²) in [6.45, 7) is 4.65. The van der Waals surface area contributed by atoms with Crippen molar-refractivity contribution in [1.82, 2.24) is 15.1 Å². The quantitative estimate of drug-likeness (QED) is 0.886. The predicted molar refractivity (Wildman–Crippen MR) is 84.2 cm³/mol. The number of aromatic nitrogens is 2. The molecule has 0 aliphatic carbocycles. The van der Waals surface area contributed by atoms with Gasteiger partial charge in [0.2, 0.25) is 0 Å². The maximum Gasteiger partial charge on any atom is 0.276 e. The van der Waals surface area contributed by atoms with Gasteiger partial charge in [-0.05, 0) is 17.9 Å². The van der Waals surface area contributed by atoms with E-state index in [1.54, 1.807) is 11.9 Å². The van der Waals surface area contributed by atoms with Crippen molar-refractivity contribution >= 4 is 11.6 Å². The highest BCUT2D eigenvalue weighted by molar-refractivity contribution is 5.97. The van der Waals surface area contributed by atoms with Crippen LogP contribution in [0, 0.1) is 0 Å². The molecule has 0 atom stereocenters. The molecule has 21 heavy (non-hydrogen) atoms. The first-order valence-corrected chi connectivity index (χ1v) is 7.13. The number of carbonyl (C=O) groups is 1. The minimum Gasteiger partial charge on any atom is -0.395 e. The average molecular weight is 286 g/mol. The van der Waals surface area contributed by atoms with Crippen LogP contribution in [0.2, 0.25) is 0 Å². The summed E-state index contributed by atoms with van der Waals surface area (Å²) in [6.07, 6.45) is 0.810. The Morgan fingerprint density at radius 1 is 1.33 bits per heavy atom. The zero-order chi connectivity index (χ0) is 15.4. The normalized spacial score (nSPS) is 10.9. The Kier molecular flexibility index (Phi) is 4.62. The molecule has 0 spiro atoms. The first-order chi connectivity index (χ1) is 10.0. The summed E-state index contributed by atoms with van der Waals surface area (Å²) in [6, 6.07) is 10.1. The summed E-state index contributed by atoms with van der Waals surface area (Å²) in [4.78, 5) is 14.0. The van der Waals surface area contributed by atoms with Crippen molar-refractivity contribution in [2.45, 2.75) is 26.2 Å². The highest BCUT2D eigenvalue weighted by Crippen LogP contribution is 2.22. The van der Waals surface area contributed by atoms with E-state index in [9.17, 15) is 4.79 Å². The minimum absolute atomic E-state index is 0.147. The molecular weight excluding hydrogens is 264 g/mol. The first-order valence-electron chi connectivity index (χ1n) is 7.13. The number of H-pyrrole nitrogens is 1. The van der Waals surface area contributed by atoms with Gasteiger partial charge >= 0.3 is 0 Å². The topological polar surface area (TPSA) is 75.0 Å². The van der Waals surface area contributed by atoms with Crippen LogP contribution in [0.5, 0.6) is 0 Å². The van der Waals surface area contributed by atoms with Crippen molar-refractivity contribution in [3.8, 4) is 0 Å². The summed E-state index contributed by atoms with van der Waals surface area (Å²) in [5, 5.41) is 6.93. The molecule has 0 saturated carbocycles. The predicted octanol–water partition coefficient (Wildman–Crippen LogP) is 2.43. The molecule has 5 heteroatoms. The second-order valence-corrected chi connectivity index (χ2v) is 5.52. The third-order valence-electron chi connectivity index (χ3n) is 3.54. The molecule has 0 radical (unpaired) electrons. The van der Waals surface area contributed by atoms with Crippen LogP contribution >= 0.6 is 0 Å². The largest absolute Gasteiger partial charge is 0.395 e. The van der Waals surface area contributed by atoms with Gasteiger partial charge in [-0.15, -0.1) is 0 Å². The number of aromatic amines is 1. The number of hydrogen-bond donors (Lipinski definition) is 2. The molecule has 1 amide bonds. The van der Waals surface area contributed by atoms with Gasteiger partial charge < -0.3 is 10.6 Å². The lowest BCUT2D eigenvalue weighted by molar-refractivity contribution is 0.0792. The third-order valence-corrected chi connectivity index (χ3v) is 3.54. The molecule has 1 aromatic carbocycles. The fraction of sp³-hybridized carbons (Fsp3) is 0.375. The fourth-order valence-electron chi connectivity index (χ4n) is 2.19. The standard InChI is InChI=1S/C16H22N4O/c1-11(2)14-13(17)15(19-18-14)16(21)20(3)10-9-12-7-5-4-6-8-12/h4-8,11H,9-10,17H2,1-3H3,(H,18,19). The van der Waals surface area contributed by atoms with E-state index >= 15 is 0 Å². The lowest BCUT2D eigenvalue weighted by Crippen LogP contribution is -2.29. The number of nitrogens with zero attached hydrogens (tertiary/aromatic N) is 2. The Labute approximate surface area is 125 Å². The van der Waals surface area contributed by atoms with E-state index in [0.717, 1.165) is 12.1 Å². The minimum atomic E-state index is -0.147. The van der Waals surface area contributed by atoms with Crippen molar-refractivity contribution in [2.75, 3.05) is 19.3 Å². The van der Waals surface area contributed by atoms with E-state index < -0.39 is 0 Å². The van der Waals surface area contributed by atoms with Gasteiger partial charge in [-0.2, -0.15) is 5.10 Å². The first kappa shape index (κ1) is 15.1. The Hall–Kier alpha value is -2.30. The average Bonchev–Trinajstić information content (AvgIpc) is 2.87. The molecule has 2 rings (SSSR count). The van der Waals surface area contributed by atoms with Crippen molar-refractivity contribution < 1.29 is 4.79 Å². The van der Waals surface area contributed by atoms with Gasteiger partial charge in [0.15, 0.2) is 5.69 Å². The van der Waals surface area contributed by atoms with E-state index in [2.05, 4.69) is 22.3 Å². The van der Waals surface area contributed by atoms with Gasteiger partial charge in [-0.25, -0.2) is 0 Å². The molecule has 1 heterocycles. The third kappa shape index (κ3) is 3.42. The van der Waals surface area contributed by atoms with Gasteiger partial charge in [0.1, 0.15) is 0 Å². The molecular formula is C16H22N4O. The number of hydrogen-bond acceptors (Lipinski definition) is 3. The smallest absolute Gasteiger partial charge is 0.276 e. The number of likely N-dealkylation sites (N-methyl/N-ethyl adjacent to an activating group) is 1. The second-order valence-electron chi connectivity index (χ2n) is 5.52. The summed E-state index contributed by atoms with van der Waals surface area (Å²) >= 11 is 0. The lowest BCUT2D eigenvalue weighted by Gasteiger charge is -2.16. The maximum absolute atomic E-state index is 12.4. The summed E-state index contributed by atoms with van der Waals surface area (Å²) < 4.78 is 0. The van der Waals surface area contributed by atoms with Crippen LogP contribution in [0.4, 0.5) is 5.69 Å². The van der Waals surface area contributed by atoms with E-state index in [-0.39, 0.29) is 11.8 Å². The highest BCUT2D eigenvalue weighted by atomic mass is 16.2. The van der Waals surface area contributed by atoms with Crippen LogP contribution < -0.4 is 5.73 Å². The van der Waals surface area contributed by atoms with Gasteiger partial charge in [-0.1, -0.05) is 44.2 Å². The van der Waals surface area contributed by atoms with Crippen molar-refractivity contribution in [3.63, 3.8) is 0 Å². The van der Waals surface area contributed by atoms with Crippen molar-refractivity contribution in [2.24, 2.45) is 0 Å². The van der Waals surface area contributed by atoms with Crippen LogP contribution in [0.1, 0.15) is 41.5 Å². The molecule has 112 valence electrons. The molecule has 1 aromatic heterocycles. The number of nitrogen functional groups attached to an aromatic ring is 1. The number of amides is 1. The molecule has 2 aromatic rings. The molecule has 0 saturated heterocycles. The highest BCUT2D eigenvalue weighted by Gasteiger charge is 2.21. The van der Waals surface area contributed by atoms with E-state index in [4.69, 9.17) is 5.73 Å². The zero-order valence-corrected chi connectivity index (χ0v) is 12.8. The Bertz CT molecular complexity index is 604. The fourth-order valence-corrected chi connectivity index (χ4v) is 2.19. The molecule has 0 aliphatic rings. The van der Waals surface area contributed by atoms with Gasteiger partial charge in [0.05, 0.1) is 11.4 Å². The number of nitrogens with two attached hydrogens (primary N) is 1. The van der Waals surface area contributed by atoms with Crippen molar-refractivity contribution in [1.29, 1.82) is 0 Å².